The van der Waals surface area contributed by atoms with E-state index >= 15 is 0 Å². The van der Waals surface area contributed by atoms with Crippen LogP contribution in [0.5, 0.6) is 17.2 Å². The van der Waals surface area contributed by atoms with Gasteiger partial charge in [0.1, 0.15) is 35.6 Å². The molecule has 0 unspecified atom stereocenters. The van der Waals surface area contributed by atoms with Gasteiger partial charge in [-0.2, -0.15) is 21.6 Å². The van der Waals surface area contributed by atoms with Crippen LogP contribution in [-0.2, 0) is 36.9 Å². The Morgan fingerprint density at radius 3 is 1.62 bits per heavy atom. The summed E-state index contributed by atoms with van der Waals surface area (Å²) < 4.78 is 86.9. The van der Waals surface area contributed by atoms with E-state index in [1.54, 1.807) is 0 Å². The summed E-state index contributed by atoms with van der Waals surface area (Å²) in [7, 11) is -6.27. The van der Waals surface area contributed by atoms with Gasteiger partial charge in [0.25, 0.3) is 0 Å². The van der Waals surface area contributed by atoms with Crippen LogP contribution in [-0.4, -0.2) is 64.7 Å². The first-order valence-corrected chi connectivity index (χ1v) is 20.7. The fourth-order valence-corrected chi connectivity index (χ4v) is 7.86. The third-order valence-electron chi connectivity index (χ3n) is 8.35. The van der Waals surface area contributed by atoms with Crippen LogP contribution >= 0.6 is 0 Å². The van der Waals surface area contributed by atoms with Crippen molar-refractivity contribution >= 4 is 42.6 Å². The van der Waals surface area contributed by atoms with Crippen LogP contribution in [0.3, 0.4) is 0 Å². The molecule has 0 aliphatic heterocycles. The second-order valence-corrected chi connectivity index (χ2v) is 15.6. The van der Waals surface area contributed by atoms with E-state index in [2.05, 4.69) is 103 Å². The van der Waals surface area contributed by atoms with Crippen LogP contribution in [0, 0.1) is 0 Å². The van der Waals surface area contributed by atoms with Gasteiger partial charge in [-0.15, -0.1) is 0 Å². The predicted octanol–water partition coefficient (Wildman–Crippen LogP) is 9.93. The SMILES string of the molecule is CCOCCOc1ccc([S+](c2ccc(OCCOCC)cc2)c2ccccc2OCCc2cccc3cc4ccccc4cc23)cc1.O=S(=O)(O)C(F)(F)F. The van der Waals surface area contributed by atoms with E-state index in [-0.39, 0.29) is 0 Å². The third kappa shape index (κ3) is 11.9. The number of ether oxygens (including phenoxy) is 5. The molecule has 0 amide bonds. The lowest BCUT2D eigenvalue weighted by Gasteiger charge is -2.15. The Bertz CT molecular complexity index is 2190. The molecular formula is C43H44F3O8S2+. The van der Waals surface area contributed by atoms with E-state index in [1.165, 1.54) is 36.9 Å². The minimum Gasteiger partial charge on any atom is -0.491 e. The highest BCUT2D eigenvalue weighted by Crippen LogP contribution is 2.38. The maximum Gasteiger partial charge on any atom is 0.522 e. The number of hydrogen-bond acceptors (Lipinski definition) is 7. The molecule has 0 radical (unpaired) electrons. The number of fused-ring (bicyclic) bond motifs is 2. The molecule has 0 atom stereocenters. The summed E-state index contributed by atoms with van der Waals surface area (Å²) in [5.41, 5.74) is -4.25. The van der Waals surface area contributed by atoms with Crippen molar-refractivity contribution in [2.45, 2.75) is 40.5 Å². The van der Waals surface area contributed by atoms with Crippen molar-refractivity contribution in [1.29, 1.82) is 0 Å². The molecule has 6 rings (SSSR count). The highest BCUT2D eigenvalue weighted by Gasteiger charge is 2.44. The molecule has 0 aliphatic carbocycles. The summed E-state index contributed by atoms with van der Waals surface area (Å²) in [6.45, 7) is 8.10. The Kier molecular flexibility index (Phi) is 15.4. The predicted molar refractivity (Wildman–Crippen MR) is 214 cm³/mol. The Balaban J connectivity index is 0.000000677. The molecule has 0 spiro atoms. The molecule has 0 aromatic heterocycles. The first-order valence-electron chi connectivity index (χ1n) is 18.0. The first-order chi connectivity index (χ1) is 27.0. The van der Waals surface area contributed by atoms with Crippen molar-refractivity contribution in [3.8, 4) is 17.2 Å². The zero-order valence-electron chi connectivity index (χ0n) is 31.0. The molecule has 0 saturated heterocycles. The van der Waals surface area contributed by atoms with Crippen LogP contribution in [0.2, 0.25) is 0 Å². The minimum atomic E-state index is -5.84. The van der Waals surface area contributed by atoms with Crippen molar-refractivity contribution in [3.63, 3.8) is 0 Å². The molecule has 0 bridgehead atoms. The van der Waals surface area contributed by atoms with E-state index in [9.17, 15) is 13.2 Å². The second kappa shape index (κ2) is 20.4. The van der Waals surface area contributed by atoms with Gasteiger partial charge in [-0.05, 0) is 114 Å². The molecule has 1 N–H and O–H groups in total. The quantitative estimate of drug-likeness (QED) is 0.0320. The summed E-state index contributed by atoms with van der Waals surface area (Å²) in [5.74, 6) is 2.54. The maximum absolute atomic E-state index is 10.7. The summed E-state index contributed by atoms with van der Waals surface area (Å²) in [4.78, 5) is 3.49. The highest BCUT2D eigenvalue weighted by atomic mass is 32.2. The van der Waals surface area contributed by atoms with Crippen LogP contribution < -0.4 is 14.2 Å². The van der Waals surface area contributed by atoms with Gasteiger partial charge in [0.2, 0.25) is 4.90 Å². The molecule has 0 heterocycles. The molecule has 8 nitrogen and oxygen atoms in total. The van der Waals surface area contributed by atoms with E-state index in [0.717, 1.165) is 28.6 Å². The van der Waals surface area contributed by atoms with Crippen molar-refractivity contribution in [2.75, 3.05) is 46.2 Å². The zero-order chi connectivity index (χ0) is 40.0. The average molecular weight is 810 g/mol. The number of hydrogen-bond donors (Lipinski definition) is 1. The minimum absolute atomic E-state index is 0.432. The fraction of sp³-hybridized carbons (Fsp3) is 0.256. The third-order valence-corrected chi connectivity index (χ3v) is 11.2. The molecule has 0 fully saturated rings. The maximum atomic E-state index is 10.7. The zero-order valence-corrected chi connectivity index (χ0v) is 32.7. The molecule has 0 saturated carbocycles. The Hall–Kier alpha value is -4.79. The summed E-state index contributed by atoms with van der Waals surface area (Å²) in [5, 5.41) is 5.04. The summed E-state index contributed by atoms with van der Waals surface area (Å²) in [6, 6.07) is 44.9. The molecule has 13 heteroatoms. The Morgan fingerprint density at radius 1 is 0.589 bits per heavy atom. The Labute approximate surface area is 328 Å². The molecule has 0 aliphatic rings. The monoisotopic (exact) mass is 809 g/mol. The fourth-order valence-electron chi connectivity index (χ4n) is 5.72. The van der Waals surface area contributed by atoms with Gasteiger partial charge < -0.3 is 23.7 Å². The average Bonchev–Trinajstić information content (AvgIpc) is 3.19. The van der Waals surface area contributed by atoms with Crippen molar-refractivity contribution in [2.24, 2.45) is 0 Å². The topological polar surface area (TPSA) is 101 Å². The van der Waals surface area contributed by atoms with E-state index in [0.29, 0.717) is 46.2 Å². The summed E-state index contributed by atoms with van der Waals surface area (Å²) >= 11 is 0. The molecular weight excluding hydrogens is 766 g/mol. The lowest BCUT2D eigenvalue weighted by Crippen LogP contribution is -2.21. The first kappa shape index (κ1) is 42.4. The molecule has 6 aromatic rings. The number of alkyl halides is 3. The van der Waals surface area contributed by atoms with Crippen LogP contribution in [0.15, 0.2) is 142 Å². The Morgan fingerprint density at radius 2 is 1.09 bits per heavy atom. The number of rotatable bonds is 17. The van der Waals surface area contributed by atoms with Crippen molar-refractivity contribution in [1.82, 2.24) is 0 Å². The van der Waals surface area contributed by atoms with Gasteiger partial charge in [-0.1, -0.05) is 54.6 Å². The van der Waals surface area contributed by atoms with Gasteiger partial charge in [0, 0.05) is 19.6 Å². The standard InChI is InChI=1S/C42H43O5S.CHF3O3S/c1-3-43-26-28-45-36-16-20-38(21-17-36)48(39-22-18-37(19-23-39)46-29-27-44-4-2)42-15-8-7-14-41(42)47-25-24-32-12-9-13-35-30-33-10-5-6-11-34(33)31-40(32)35;2-1(3,4)8(5,6)7/h5-23,30-31H,3-4,24-29H2,1-2H3;(H,5,6,7)/q+1;. The second-order valence-electron chi connectivity index (χ2n) is 12.1. The van der Waals surface area contributed by atoms with Gasteiger partial charge in [-0.25, -0.2) is 0 Å². The normalized spacial score (nSPS) is 11.7. The van der Waals surface area contributed by atoms with Crippen molar-refractivity contribution in [3.05, 3.63) is 133 Å². The van der Waals surface area contributed by atoms with E-state index in [4.69, 9.17) is 36.7 Å². The van der Waals surface area contributed by atoms with Crippen LogP contribution in [0.4, 0.5) is 13.2 Å². The van der Waals surface area contributed by atoms with Crippen LogP contribution in [0.1, 0.15) is 19.4 Å². The van der Waals surface area contributed by atoms with Crippen LogP contribution in [0.25, 0.3) is 21.5 Å². The molecule has 6 aromatic carbocycles. The van der Waals surface area contributed by atoms with Gasteiger partial charge in [0.05, 0.1) is 19.8 Å². The van der Waals surface area contributed by atoms with Crippen molar-refractivity contribution < 1.29 is 49.8 Å². The van der Waals surface area contributed by atoms with Gasteiger partial charge >= 0.3 is 15.6 Å². The highest BCUT2D eigenvalue weighted by molar-refractivity contribution is 7.97. The smallest absolute Gasteiger partial charge is 0.491 e. The summed E-state index contributed by atoms with van der Waals surface area (Å²) in [6.07, 6.45) is 0.805. The van der Waals surface area contributed by atoms with E-state index < -0.39 is 26.5 Å². The lowest BCUT2D eigenvalue weighted by molar-refractivity contribution is -0.0510. The molecule has 56 heavy (non-hydrogen) atoms. The lowest BCUT2D eigenvalue weighted by atomic mass is 9.98. The van der Waals surface area contributed by atoms with Gasteiger partial charge in [-0.3, -0.25) is 4.55 Å². The number of para-hydroxylation sites is 1. The number of benzene rings is 6. The van der Waals surface area contributed by atoms with Gasteiger partial charge in [0.15, 0.2) is 15.5 Å². The number of halogens is 3. The molecule has 296 valence electrons. The largest absolute Gasteiger partial charge is 0.522 e. The van der Waals surface area contributed by atoms with E-state index in [1.807, 2.05) is 38.1 Å².